The van der Waals surface area contributed by atoms with E-state index in [0.717, 1.165) is 41.5 Å². The molecule has 1 N–H and O–H groups in total. The van der Waals surface area contributed by atoms with Crippen LogP contribution in [0.25, 0.3) is 21.3 Å². The van der Waals surface area contributed by atoms with Crippen molar-refractivity contribution in [3.63, 3.8) is 0 Å². The van der Waals surface area contributed by atoms with Gasteiger partial charge in [-0.2, -0.15) is 4.98 Å². The zero-order valence-corrected chi connectivity index (χ0v) is 19.3. The first-order valence-electron chi connectivity index (χ1n) is 11.5. The molecule has 0 aliphatic carbocycles. The van der Waals surface area contributed by atoms with Gasteiger partial charge in [0, 0.05) is 49.2 Å². The zero-order valence-electron chi connectivity index (χ0n) is 18.5. The lowest BCUT2D eigenvalue weighted by atomic mass is 9.96. The van der Waals surface area contributed by atoms with Crippen LogP contribution in [0.1, 0.15) is 38.2 Å². The molecule has 1 aromatic carbocycles. The third-order valence-electron chi connectivity index (χ3n) is 6.91. The van der Waals surface area contributed by atoms with Crippen molar-refractivity contribution in [1.29, 1.82) is 0 Å². The van der Waals surface area contributed by atoms with Gasteiger partial charge in [0.15, 0.2) is 5.65 Å². The first kappa shape index (κ1) is 20.6. The Hall–Kier alpha value is -2.97. The summed E-state index contributed by atoms with van der Waals surface area (Å²) in [5, 5.41) is 4.84. The van der Waals surface area contributed by atoms with Crippen LogP contribution in [-0.2, 0) is 11.2 Å². The van der Waals surface area contributed by atoms with E-state index in [2.05, 4.69) is 26.3 Å². The Balaban J connectivity index is 1.13. The minimum Gasteiger partial charge on any atom is -0.464 e. The lowest BCUT2D eigenvalue weighted by Crippen LogP contribution is -2.50. The molecule has 4 aromatic rings. The third-order valence-corrected chi connectivity index (χ3v) is 7.80. The fourth-order valence-electron chi connectivity index (χ4n) is 5.51. The van der Waals surface area contributed by atoms with Crippen LogP contribution in [0.4, 0.5) is 0 Å². The zero-order chi connectivity index (χ0) is 22.4. The number of amides is 1. The molecule has 5 heterocycles. The van der Waals surface area contributed by atoms with Crippen molar-refractivity contribution in [2.75, 3.05) is 6.54 Å². The second-order valence-electron chi connectivity index (χ2n) is 9.07. The van der Waals surface area contributed by atoms with E-state index in [-0.39, 0.29) is 5.91 Å². The second kappa shape index (κ2) is 8.43. The molecule has 0 saturated carbocycles. The Morgan fingerprint density at radius 2 is 2.12 bits per heavy atom. The summed E-state index contributed by atoms with van der Waals surface area (Å²) in [4.78, 5) is 22.8. The summed E-state index contributed by atoms with van der Waals surface area (Å²) in [5.41, 5.74) is 2.76. The molecule has 0 radical (unpaired) electrons. The maximum absolute atomic E-state index is 11.5. The molecule has 6 rings (SSSR count). The number of nitrogens with zero attached hydrogens (tertiary/aromatic N) is 3. The van der Waals surface area contributed by atoms with Gasteiger partial charge in [0.25, 0.3) is 5.19 Å². The third kappa shape index (κ3) is 4.09. The molecule has 170 valence electrons. The summed E-state index contributed by atoms with van der Waals surface area (Å²) in [6.45, 7) is 2.64. The number of nitrogens with one attached hydrogen (secondary N) is 1. The van der Waals surface area contributed by atoms with Gasteiger partial charge >= 0.3 is 0 Å². The number of ether oxygens (including phenoxy) is 1. The number of carbonyl (C=O) groups is 1. The highest BCUT2D eigenvalue weighted by Crippen LogP contribution is 2.37. The number of thiazole rings is 1. The Morgan fingerprint density at radius 1 is 1.27 bits per heavy atom. The Kier molecular flexibility index (Phi) is 5.27. The van der Waals surface area contributed by atoms with Gasteiger partial charge in [0.05, 0.1) is 11.0 Å². The van der Waals surface area contributed by atoms with Crippen molar-refractivity contribution in [2.45, 2.75) is 57.2 Å². The first-order chi connectivity index (χ1) is 16.1. The second-order valence-corrected chi connectivity index (χ2v) is 10.1. The lowest BCUT2D eigenvalue weighted by Gasteiger charge is -2.39. The molecule has 1 amide bonds. The van der Waals surface area contributed by atoms with Gasteiger partial charge in [0.1, 0.15) is 11.3 Å². The molecule has 0 unspecified atom stereocenters. The molecule has 0 spiro atoms. The molecule has 8 heteroatoms. The maximum Gasteiger partial charge on any atom is 0.281 e. The topological polar surface area (TPSA) is 80.5 Å². The predicted octanol–water partition coefficient (Wildman–Crippen LogP) is 4.90. The number of rotatable bonds is 6. The maximum atomic E-state index is 11.5. The number of hydrogen-bond donors (Lipinski definition) is 1. The Labute approximate surface area is 195 Å². The molecule has 2 bridgehead atoms. The van der Waals surface area contributed by atoms with Gasteiger partial charge in [-0.25, -0.2) is 4.98 Å². The molecule has 7 nitrogen and oxygen atoms in total. The van der Waals surface area contributed by atoms with E-state index in [1.165, 1.54) is 29.7 Å². The number of pyridine rings is 1. The SMILES string of the molecule is CC(=O)N[C@H]1C[C@H]2CC[C@@H](C1)N2CCc1coc2cc(Oc3nc4ncccc4s3)ccc12. The van der Waals surface area contributed by atoms with E-state index in [0.29, 0.717) is 34.7 Å². The van der Waals surface area contributed by atoms with Crippen LogP contribution in [0.15, 0.2) is 47.2 Å². The van der Waals surface area contributed by atoms with Crippen molar-refractivity contribution in [2.24, 2.45) is 0 Å². The predicted molar refractivity (Wildman–Crippen MR) is 128 cm³/mol. The van der Waals surface area contributed by atoms with Gasteiger partial charge in [0.2, 0.25) is 5.91 Å². The molecule has 2 aliphatic rings. The van der Waals surface area contributed by atoms with Crippen LogP contribution >= 0.6 is 11.3 Å². The molecule has 33 heavy (non-hydrogen) atoms. The van der Waals surface area contributed by atoms with E-state index in [4.69, 9.17) is 9.15 Å². The monoisotopic (exact) mass is 462 g/mol. The average Bonchev–Trinajstić information content (AvgIpc) is 3.45. The van der Waals surface area contributed by atoms with Gasteiger partial charge < -0.3 is 14.5 Å². The van der Waals surface area contributed by atoms with Crippen molar-refractivity contribution in [3.05, 3.63) is 48.4 Å². The van der Waals surface area contributed by atoms with Crippen molar-refractivity contribution < 1.29 is 13.9 Å². The number of furan rings is 1. The van der Waals surface area contributed by atoms with Crippen molar-refractivity contribution in [1.82, 2.24) is 20.2 Å². The molecule has 2 aliphatic heterocycles. The van der Waals surface area contributed by atoms with Gasteiger partial charge in [-0.15, -0.1) is 0 Å². The molecule has 2 fully saturated rings. The highest BCUT2D eigenvalue weighted by Gasteiger charge is 2.40. The number of fused-ring (bicyclic) bond motifs is 4. The largest absolute Gasteiger partial charge is 0.464 e. The summed E-state index contributed by atoms with van der Waals surface area (Å²) in [6, 6.07) is 11.3. The summed E-state index contributed by atoms with van der Waals surface area (Å²) in [7, 11) is 0. The van der Waals surface area contributed by atoms with E-state index < -0.39 is 0 Å². The number of benzene rings is 1. The first-order valence-corrected chi connectivity index (χ1v) is 12.4. The van der Waals surface area contributed by atoms with Gasteiger partial charge in [-0.1, -0.05) is 11.3 Å². The highest BCUT2D eigenvalue weighted by molar-refractivity contribution is 7.20. The Bertz CT molecular complexity index is 1270. The minimum absolute atomic E-state index is 0.0841. The van der Waals surface area contributed by atoms with Gasteiger partial charge in [-0.3, -0.25) is 9.69 Å². The van der Waals surface area contributed by atoms with Crippen LogP contribution < -0.4 is 10.1 Å². The smallest absolute Gasteiger partial charge is 0.281 e. The molecule has 2 saturated heterocycles. The molecular formula is C25H26N4O3S. The quantitative estimate of drug-likeness (QED) is 0.439. The number of hydrogen-bond acceptors (Lipinski definition) is 7. The van der Waals surface area contributed by atoms with Crippen LogP contribution in [-0.4, -0.2) is 45.4 Å². The van der Waals surface area contributed by atoms with Crippen LogP contribution in [0.3, 0.4) is 0 Å². The summed E-state index contributed by atoms with van der Waals surface area (Å²) in [5.74, 6) is 0.793. The van der Waals surface area contributed by atoms with Crippen LogP contribution in [0.2, 0.25) is 0 Å². The van der Waals surface area contributed by atoms with E-state index >= 15 is 0 Å². The number of piperidine rings is 1. The lowest BCUT2D eigenvalue weighted by molar-refractivity contribution is -0.120. The molecule has 3 aromatic heterocycles. The fourth-order valence-corrected chi connectivity index (χ4v) is 6.30. The average molecular weight is 463 g/mol. The number of aromatic nitrogens is 2. The van der Waals surface area contributed by atoms with E-state index in [1.807, 2.05) is 30.5 Å². The molecule has 3 atom stereocenters. The Morgan fingerprint density at radius 3 is 2.91 bits per heavy atom. The van der Waals surface area contributed by atoms with Crippen molar-refractivity contribution in [3.8, 4) is 10.9 Å². The van der Waals surface area contributed by atoms with Crippen LogP contribution in [0.5, 0.6) is 10.9 Å². The van der Waals surface area contributed by atoms with Crippen molar-refractivity contribution >= 4 is 38.6 Å². The van der Waals surface area contributed by atoms with Crippen LogP contribution in [0, 0.1) is 0 Å². The standard InChI is InChI=1S/C25H26N4O3S/c1-15(30)27-17-11-18-4-5-19(12-17)29(18)10-8-16-14-31-22-13-20(6-7-21(16)22)32-25-28-24-23(33-25)3-2-9-26-24/h2-3,6-7,9,13-14,17-19H,4-5,8,10-12H2,1H3,(H,27,30)/t17-,18+,19-. The van der Waals surface area contributed by atoms with E-state index in [9.17, 15) is 4.79 Å². The van der Waals surface area contributed by atoms with E-state index in [1.54, 1.807) is 13.1 Å². The van der Waals surface area contributed by atoms with Gasteiger partial charge in [-0.05, 0) is 61.9 Å². The minimum atomic E-state index is 0.0841. The molecular weight excluding hydrogens is 436 g/mol. The number of carbonyl (C=O) groups excluding carboxylic acids is 1. The normalized spacial score (nSPS) is 22.8. The highest BCUT2D eigenvalue weighted by atomic mass is 32.1. The summed E-state index contributed by atoms with van der Waals surface area (Å²) < 4.78 is 12.9. The summed E-state index contributed by atoms with van der Waals surface area (Å²) in [6.07, 6.45) is 9.15. The summed E-state index contributed by atoms with van der Waals surface area (Å²) >= 11 is 1.48. The fraction of sp³-hybridized carbons (Fsp3) is 0.400.